The molecule has 2 heterocycles. The second kappa shape index (κ2) is 12.5. The number of carbonyl (C=O) groups is 2. The van der Waals surface area contributed by atoms with Gasteiger partial charge in [0.15, 0.2) is 0 Å². The zero-order valence-electron chi connectivity index (χ0n) is 24.5. The van der Waals surface area contributed by atoms with Crippen LogP contribution in [-0.4, -0.2) is 34.8 Å². The molecule has 1 aliphatic rings. The number of aromatic nitrogens is 1. The number of carbonyl (C=O) groups excluding carboxylic acids is 2. The second-order valence-corrected chi connectivity index (χ2v) is 11.7. The molecule has 210 valence electrons. The van der Waals surface area contributed by atoms with Crippen molar-refractivity contribution in [2.45, 2.75) is 52.9 Å². The molecule has 5 nitrogen and oxygen atoms in total. The van der Waals surface area contributed by atoms with Crippen LogP contribution >= 0.6 is 0 Å². The third-order valence-electron chi connectivity index (χ3n) is 7.95. The molecule has 0 aliphatic carbocycles. The predicted molar refractivity (Wildman–Crippen MR) is 166 cm³/mol. The number of nitrogens with zero attached hydrogens (tertiary/aromatic N) is 2. The molecule has 4 aromatic rings. The first-order valence-corrected chi connectivity index (χ1v) is 14.6. The van der Waals surface area contributed by atoms with Crippen LogP contribution in [0.25, 0.3) is 11.1 Å². The van der Waals surface area contributed by atoms with Gasteiger partial charge in [-0.25, -0.2) is 0 Å². The summed E-state index contributed by atoms with van der Waals surface area (Å²) in [4.78, 5) is 32.7. The van der Waals surface area contributed by atoms with Crippen LogP contribution in [0.3, 0.4) is 0 Å². The van der Waals surface area contributed by atoms with Crippen molar-refractivity contribution in [2.24, 2.45) is 5.92 Å². The number of benzene rings is 3. The third-order valence-corrected chi connectivity index (χ3v) is 7.95. The summed E-state index contributed by atoms with van der Waals surface area (Å²) >= 11 is 0. The Balaban J connectivity index is 1.20. The highest BCUT2D eigenvalue weighted by Crippen LogP contribution is 2.31. The van der Waals surface area contributed by atoms with Crippen LogP contribution in [0.2, 0.25) is 0 Å². The Morgan fingerprint density at radius 1 is 0.878 bits per heavy atom. The van der Waals surface area contributed by atoms with Crippen molar-refractivity contribution in [1.29, 1.82) is 0 Å². The van der Waals surface area contributed by atoms with E-state index in [1.165, 1.54) is 22.3 Å². The molecular weight excluding hydrogens is 506 g/mol. The summed E-state index contributed by atoms with van der Waals surface area (Å²) in [5.41, 5.74) is 8.69. The van der Waals surface area contributed by atoms with Crippen LogP contribution in [0.15, 0.2) is 85.1 Å². The molecule has 0 spiro atoms. The Morgan fingerprint density at radius 2 is 1.61 bits per heavy atom. The Labute approximate surface area is 243 Å². The fourth-order valence-electron chi connectivity index (χ4n) is 5.55. The molecule has 41 heavy (non-hydrogen) atoms. The van der Waals surface area contributed by atoms with Gasteiger partial charge in [-0.15, -0.1) is 0 Å². The zero-order valence-corrected chi connectivity index (χ0v) is 24.5. The Hall–Kier alpha value is -4.25. The van der Waals surface area contributed by atoms with Gasteiger partial charge in [0.2, 0.25) is 0 Å². The maximum Gasteiger partial charge on any atom is 0.257 e. The molecule has 5 rings (SSSR count). The van der Waals surface area contributed by atoms with Gasteiger partial charge < -0.3 is 10.2 Å². The van der Waals surface area contributed by atoms with Crippen molar-refractivity contribution in [2.75, 3.05) is 18.4 Å². The average Bonchev–Trinajstić information content (AvgIpc) is 2.98. The van der Waals surface area contributed by atoms with E-state index in [0.717, 1.165) is 30.5 Å². The first-order valence-electron chi connectivity index (χ1n) is 14.6. The number of pyridine rings is 1. The maximum atomic E-state index is 13.4. The lowest BCUT2D eigenvalue weighted by molar-refractivity contribution is 0.0712. The van der Waals surface area contributed by atoms with Gasteiger partial charge in [0, 0.05) is 36.2 Å². The molecule has 1 aliphatic heterocycles. The van der Waals surface area contributed by atoms with Gasteiger partial charge in [0.25, 0.3) is 11.8 Å². The van der Waals surface area contributed by atoms with Crippen molar-refractivity contribution >= 4 is 17.5 Å². The maximum absolute atomic E-state index is 13.4. The van der Waals surface area contributed by atoms with E-state index >= 15 is 0 Å². The van der Waals surface area contributed by atoms with Gasteiger partial charge in [-0.05, 0) is 91.5 Å². The molecule has 1 aromatic heterocycles. The molecule has 2 amide bonds. The van der Waals surface area contributed by atoms with Crippen LogP contribution in [0.1, 0.15) is 75.7 Å². The fraction of sp³-hybridized carbons (Fsp3) is 0.306. The SMILES string of the molecule is Cc1cccc(-c2ccc(C3CCN(C(=O)c4ccc(C)c(NC(=O)c5ccc(CC(C)C)nc5)c4)CC3)cc2)c1. The Morgan fingerprint density at radius 3 is 2.27 bits per heavy atom. The number of amides is 2. The van der Waals surface area contributed by atoms with Crippen LogP contribution < -0.4 is 5.32 Å². The summed E-state index contributed by atoms with van der Waals surface area (Å²) in [6.07, 6.45) is 4.37. The number of hydrogen-bond acceptors (Lipinski definition) is 3. The molecule has 1 fully saturated rings. The molecule has 1 N–H and O–H groups in total. The van der Waals surface area contributed by atoms with E-state index in [1.807, 2.05) is 36.1 Å². The summed E-state index contributed by atoms with van der Waals surface area (Å²) in [5.74, 6) is 0.731. The zero-order chi connectivity index (χ0) is 28.9. The summed E-state index contributed by atoms with van der Waals surface area (Å²) in [7, 11) is 0. The van der Waals surface area contributed by atoms with Crippen molar-refractivity contribution in [3.05, 3.63) is 119 Å². The van der Waals surface area contributed by atoms with E-state index in [0.29, 0.717) is 41.7 Å². The molecule has 0 bridgehead atoms. The van der Waals surface area contributed by atoms with E-state index in [1.54, 1.807) is 12.3 Å². The summed E-state index contributed by atoms with van der Waals surface area (Å²) in [5, 5.41) is 2.98. The van der Waals surface area contributed by atoms with Crippen molar-refractivity contribution in [3.8, 4) is 11.1 Å². The number of aryl methyl sites for hydroxylation is 2. The first kappa shape index (κ1) is 28.3. The lowest BCUT2D eigenvalue weighted by atomic mass is 9.88. The molecule has 3 aromatic carbocycles. The minimum Gasteiger partial charge on any atom is -0.339 e. The topological polar surface area (TPSA) is 62.3 Å². The van der Waals surface area contributed by atoms with Crippen LogP contribution in [-0.2, 0) is 6.42 Å². The summed E-state index contributed by atoms with van der Waals surface area (Å²) in [6.45, 7) is 9.77. The van der Waals surface area contributed by atoms with Crippen LogP contribution in [0.4, 0.5) is 5.69 Å². The third kappa shape index (κ3) is 6.91. The lowest BCUT2D eigenvalue weighted by Crippen LogP contribution is -2.38. The van der Waals surface area contributed by atoms with E-state index in [-0.39, 0.29) is 11.8 Å². The average molecular weight is 546 g/mol. The van der Waals surface area contributed by atoms with E-state index in [4.69, 9.17) is 0 Å². The van der Waals surface area contributed by atoms with Crippen molar-refractivity contribution in [1.82, 2.24) is 9.88 Å². The highest BCUT2D eigenvalue weighted by atomic mass is 16.2. The van der Waals surface area contributed by atoms with E-state index in [2.05, 4.69) is 79.6 Å². The van der Waals surface area contributed by atoms with Gasteiger partial charge in [0.1, 0.15) is 0 Å². The van der Waals surface area contributed by atoms with Gasteiger partial charge >= 0.3 is 0 Å². The number of piperidine rings is 1. The summed E-state index contributed by atoms with van der Waals surface area (Å²) < 4.78 is 0. The van der Waals surface area contributed by atoms with Gasteiger partial charge in [-0.1, -0.05) is 74.0 Å². The smallest absolute Gasteiger partial charge is 0.257 e. The molecule has 0 saturated carbocycles. The molecular formula is C36H39N3O2. The monoisotopic (exact) mass is 545 g/mol. The van der Waals surface area contributed by atoms with E-state index in [9.17, 15) is 9.59 Å². The van der Waals surface area contributed by atoms with E-state index < -0.39 is 0 Å². The molecule has 0 atom stereocenters. The van der Waals surface area contributed by atoms with Crippen molar-refractivity contribution < 1.29 is 9.59 Å². The minimum absolute atomic E-state index is 0.00782. The van der Waals surface area contributed by atoms with Crippen molar-refractivity contribution in [3.63, 3.8) is 0 Å². The highest BCUT2D eigenvalue weighted by Gasteiger charge is 2.25. The van der Waals surface area contributed by atoms with Crippen LogP contribution in [0.5, 0.6) is 0 Å². The second-order valence-electron chi connectivity index (χ2n) is 11.7. The fourth-order valence-corrected chi connectivity index (χ4v) is 5.55. The number of rotatable bonds is 7. The highest BCUT2D eigenvalue weighted by molar-refractivity contribution is 6.05. The summed E-state index contributed by atoms with van der Waals surface area (Å²) in [6, 6.07) is 26.7. The number of nitrogens with one attached hydrogen (secondary N) is 1. The number of likely N-dealkylation sites (tertiary alicyclic amines) is 1. The largest absolute Gasteiger partial charge is 0.339 e. The molecule has 5 heteroatoms. The van der Waals surface area contributed by atoms with Gasteiger partial charge in [-0.3, -0.25) is 14.6 Å². The lowest BCUT2D eigenvalue weighted by Gasteiger charge is -2.32. The predicted octanol–water partition coefficient (Wildman–Crippen LogP) is 7.84. The van der Waals surface area contributed by atoms with Gasteiger partial charge in [-0.2, -0.15) is 0 Å². The number of anilines is 1. The number of hydrogen-bond donors (Lipinski definition) is 1. The normalized spacial score (nSPS) is 13.8. The minimum atomic E-state index is -0.226. The quantitative estimate of drug-likeness (QED) is 0.257. The molecule has 0 unspecified atom stereocenters. The Bertz CT molecular complexity index is 1520. The standard InChI is InChI=1S/C36H39N3O2/c1-24(2)20-33-15-14-32(23-37-33)35(40)38-34-22-31(9-8-26(34)4)36(41)39-18-16-29(17-19-39)27-10-12-28(13-11-27)30-7-5-6-25(3)21-30/h5-15,21-24,29H,16-20H2,1-4H3,(H,38,40). The molecule has 1 saturated heterocycles. The Kier molecular flexibility index (Phi) is 8.63. The first-order chi connectivity index (χ1) is 19.8. The van der Waals surface area contributed by atoms with Gasteiger partial charge in [0.05, 0.1) is 5.56 Å². The molecule has 0 radical (unpaired) electrons. The van der Waals surface area contributed by atoms with Crippen LogP contribution in [0, 0.1) is 19.8 Å².